The number of carbonyl (C=O) groups excluding carboxylic acids is 1. The van der Waals surface area contributed by atoms with E-state index in [9.17, 15) is 4.79 Å². The maximum atomic E-state index is 12.9. The minimum Gasteiger partial charge on any atom is -0.379 e. The third kappa shape index (κ3) is 5.56. The number of likely N-dealkylation sites (tertiary alicyclic amines) is 2. The Morgan fingerprint density at radius 3 is 2.43 bits per heavy atom. The Hall–Kier alpha value is -1.58. The molecule has 168 valence electrons. The van der Waals surface area contributed by atoms with E-state index in [0.29, 0.717) is 12.0 Å². The Morgan fingerprint density at radius 1 is 1.03 bits per heavy atom. The van der Waals surface area contributed by atoms with Crippen molar-refractivity contribution in [2.75, 3.05) is 52.5 Å². The van der Waals surface area contributed by atoms with Crippen LogP contribution in [0.4, 0.5) is 0 Å². The van der Waals surface area contributed by atoms with Crippen LogP contribution in [0.2, 0.25) is 0 Å². The van der Waals surface area contributed by atoms with Crippen molar-refractivity contribution in [2.24, 2.45) is 5.92 Å². The van der Waals surface area contributed by atoms with Gasteiger partial charge in [-0.05, 0) is 62.0 Å². The molecule has 1 amide bonds. The molecular formula is C21H37N7O2. The van der Waals surface area contributed by atoms with E-state index < -0.39 is 0 Å². The highest BCUT2D eigenvalue weighted by atomic mass is 16.5. The first-order chi connectivity index (χ1) is 14.7. The standard InChI is InChI=1S/C21H37N7O2/c1-18(26-12-14-30-15-13-26)19-6-10-27(11-7-19)21(29)17-28-20(22-23-24-28)16-25-8-4-2-3-5-9-25/h18-19H,2-17H2,1H3/t18-/m1/s1. The zero-order valence-electron chi connectivity index (χ0n) is 18.4. The fraction of sp³-hybridized carbons (Fsp3) is 0.905. The van der Waals surface area contributed by atoms with Gasteiger partial charge in [-0.15, -0.1) is 5.10 Å². The zero-order chi connectivity index (χ0) is 20.8. The second-order valence-corrected chi connectivity index (χ2v) is 9.05. The van der Waals surface area contributed by atoms with Crippen LogP contribution in [-0.2, 0) is 22.6 Å². The van der Waals surface area contributed by atoms with Crippen LogP contribution in [-0.4, -0.2) is 99.3 Å². The lowest BCUT2D eigenvalue weighted by molar-refractivity contribution is -0.134. The highest BCUT2D eigenvalue weighted by Gasteiger charge is 2.30. The van der Waals surface area contributed by atoms with Gasteiger partial charge < -0.3 is 9.64 Å². The smallest absolute Gasteiger partial charge is 0.244 e. The summed E-state index contributed by atoms with van der Waals surface area (Å²) in [5.41, 5.74) is 0. The molecule has 3 aliphatic rings. The van der Waals surface area contributed by atoms with E-state index in [-0.39, 0.29) is 12.5 Å². The molecule has 0 spiro atoms. The van der Waals surface area contributed by atoms with Crippen molar-refractivity contribution in [3.05, 3.63) is 5.82 Å². The molecule has 9 nitrogen and oxygen atoms in total. The van der Waals surface area contributed by atoms with Crippen molar-refractivity contribution < 1.29 is 9.53 Å². The monoisotopic (exact) mass is 419 g/mol. The Bertz CT molecular complexity index is 660. The van der Waals surface area contributed by atoms with Crippen molar-refractivity contribution in [2.45, 2.75) is 64.6 Å². The van der Waals surface area contributed by atoms with Crippen molar-refractivity contribution in [3.63, 3.8) is 0 Å². The second kappa shape index (κ2) is 10.6. The minimum absolute atomic E-state index is 0.136. The number of nitrogens with zero attached hydrogens (tertiary/aromatic N) is 7. The first kappa shape index (κ1) is 21.6. The molecule has 0 bridgehead atoms. The molecule has 0 aliphatic carbocycles. The van der Waals surface area contributed by atoms with Crippen LogP contribution < -0.4 is 0 Å². The van der Waals surface area contributed by atoms with Gasteiger partial charge in [0.15, 0.2) is 5.82 Å². The SMILES string of the molecule is C[C@H](C1CCN(C(=O)Cn2nnnc2CN2CCCCCC2)CC1)N1CCOCC1. The van der Waals surface area contributed by atoms with Crippen molar-refractivity contribution in [1.29, 1.82) is 0 Å². The lowest BCUT2D eigenvalue weighted by atomic mass is 9.89. The molecule has 4 heterocycles. The molecule has 1 atom stereocenters. The average Bonchev–Trinajstić information content (AvgIpc) is 3.05. The van der Waals surface area contributed by atoms with E-state index in [2.05, 4.69) is 32.2 Å². The van der Waals surface area contributed by atoms with Crippen molar-refractivity contribution >= 4 is 5.91 Å². The van der Waals surface area contributed by atoms with Gasteiger partial charge in [0.05, 0.1) is 19.8 Å². The van der Waals surface area contributed by atoms with E-state index >= 15 is 0 Å². The molecular weight excluding hydrogens is 382 g/mol. The lowest BCUT2D eigenvalue weighted by Crippen LogP contribution is -2.49. The summed E-state index contributed by atoms with van der Waals surface area (Å²) in [6.07, 6.45) is 7.22. The molecule has 1 aromatic heterocycles. The van der Waals surface area contributed by atoms with Gasteiger partial charge in [0.1, 0.15) is 6.54 Å². The van der Waals surface area contributed by atoms with Crippen LogP contribution in [0, 0.1) is 5.92 Å². The first-order valence-electron chi connectivity index (χ1n) is 11.8. The molecule has 0 aromatic carbocycles. The summed E-state index contributed by atoms with van der Waals surface area (Å²) >= 11 is 0. The van der Waals surface area contributed by atoms with Crippen LogP contribution in [0.3, 0.4) is 0 Å². The summed E-state index contributed by atoms with van der Waals surface area (Å²) in [4.78, 5) is 19.9. The molecule has 3 aliphatic heterocycles. The van der Waals surface area contributed by atoms with Gasteiger partial charge in [0.25, 0.3) is 0 Å². The molecule has 0 unspecified atom stereocenters. The number of ether oxygens (including phenoxy) is 1. The van der Waals surface area contributed by atoms with Crippen LogP contribution in [0.15, 0.2) is 0 Å². The summed E-state index contributed by atoms with van der Waals surface area (Å²) in [6.45, 7) is 10.9. The summed E-state index contributed by atoms with van der Waals surface area (Å²) < 4.78 is 7.19. The third-order valence-corrected chi connectivity index (χ3v) is 7.15. The number of morpholine rings is 1. The van der Waals surface area contributed by atoms with E-state index in [1.165, 1.54) is 25.7 Å². The van der Waals surface area contributed by atoms with Crippen LogP contribution in [0.1, 0.15) is 51.3 Å². The number of hydrogen-bond donors (Lipinski definition) is 0. The number of rotatable bonds is 6. The van der Waals surface area contributed by atoms with Gasteiger partial charge in [0, 0.05) is 32.2 Å². The van der Waals surface area contributed by atoms with E-state index in [4.69, 9.17) is 4.74 Å². The maximum Gasteiger partial charge on any atom is 0.244 e. The third-order valence-electron chi connectivity index (χ3n) is 7.15. The highest BCUT2D eigenvalue weighted by molar-refractivity contribution is 5.76. The average molecular weight is 420 g/mol. The van der Waals surface area contributed by atoms with Gasteiger partial charge >= 0.3 is 0 Å². The van der Waals surface area contributed by atoms with E-state index in [1.807, 2.05) is 4.90 Å². The Labute approximate surface area is 179 Å². The highest BCUT2D eigenvalue weighted by Crippen LogP contribution is 2.25. The quantitative estimate of drug-likeness (QED) is 0.681. The molecule has 0 N–H and O–H groups in total. The number of hydrogen-bond acceptors (Lipinski definition) is 7. The fourth-order valence-electron chi connectivity index (χ4n) is 5.10. The number of carbonyl (C=O) groups is 1. The predicted octanol–water partition coefficient (Wildman–Crippen LogP) is 1.01. The normalized spacial score (nSPS) is 24.0. The number of aromatic nitrogens is 4. The Morgan fingerprint density at radius 2 is 1.73 bits per heavy atom. The van der Waals surface area contributed by atoms with Gasteiger partial charge in [0.2, 0.25) is 5.91 Å². The number of piperidine rings is 1. The fourth-order valence-corrected chi connectivity index (χ4v) is 5.10. The summed E-state index contributed by atoms with van der Waals surface area (Å²) in [7, 11) is 0. The van der Waals surface area contributed by atoms with Gasteiger partial charge in [-0.1, -0.05) is 12.8 Å². The van der Waals surface area contributed by atoms with Gasteiger partial charge in [-0.25, -0.2) is 4.68 Å². The van der Waals surface area contributed by atoms with Crippen LogP contribution in [0.25, 0.3) is 0 Å². The Balaban J connectivity index is 1.25. The molecule has 1 aromatic rings. The summed E-state index contributed by atoms with van der Waals surface area (Å²) in [5.74, 6) is 1.59. The minimum atomic E-state index is 0.136. The molecule has 0 saturated carbocycles. The number of amides is 1. The van der Waals surface area contributed by atoms with E-state index in [0.717, 1.165) is 77.7 Å². The topological polar surface area (TPSA) is 79.6 Å². The molecule has 0 radical (unpaired) electrons. The lowest BCUT2D eigenvalue weighted by Gasteiger charge is -2.41. The largest absolute Gasteiger partial charge is 0.379 e. The first-order valence-corrected chi connectivity index (χ1v) is 11.8. The van der Waals surface area contributed by atoms with Crippen molar-refractivity contribution in [1.82, 2.24) is 34.9 Å². The van der Waals surface area contributed by atoms with Gasteiger partial charge in [-0.2, -0.15) is 0 Å². The predicted molar refractivity (Wildman–Crippen MR) is 113 cm³/mol. The molecule has 3 saturated heterocycles. The molecule has 9 heteroatoms. The summed E-state index contributed by atoms with van der Waals surface area (Å²) in [6, 6.07) is 0.561. The summed E-state index contributed by atoms with van der Waals surface area (Å²) in [5, 5.41) is 12.2. The number of tetrazole rings is 1. The maximum absolute atomic E-state index is 12.9. The van der Waals surface area contributed by atoms with Crippen LogP contribution >= 0.6 is 0 Å². The van der Waals surface area contributed by atoms with E-state index in [1.54, 1.807) is 4.68 Å². The van der Waals surface area contributed by atoms with Gasteiger partial charge in [-0.3, -0.25) is 14.6 Å². The second-order valence-electron chi connectivity index (χ2n) is 9.05. The molecule has 30 heavy (non-hydrogen) atoms. The molecule has 3 fully saturated rings. The molecule has 4 rings (SSSR count). The van der Waals surface area contributed by atoms with Crippen LogP contribution in [0.5, 0.6) is 0 Å². The van der Waals surface area contributed by atoms with Crippen molar-refractivity contribution in [3.8, 4) is 0 Å². The Kier molecular flexibility index (Phi) is 7.67. The zero-order valence-corrected chi connectivity index (χ0v) is 18.4.